The number of carbonyl (C=O) groups is 2. The quantitative estimate of drug-likeness (QED) is 0.644. The average Bonchev–Trinajstić information content (AvgIpc) is 2.73. The van der Waals surface area contributed by atoms with Crippen molar-refractivity contribution in [3.8, 4) is 0 Å². The van der Waals surface area contributed by atoms with Crippen LogP contribution in [0.1, 0.15) is 58.8 Å². The van der Waals surface area contributed by atoms with Crippen LogP contribution in [0.2, 0.25) is 0 Å². The van der Waals surface area contributed by atoms with Crippen LogP contribution >= 0.6 is 0 Å². The summed E-state index contributed by atoms with van der Waals surface area (Å²) in [7, 11) is 0.549. The molecule has 0 bridgehead atoms. The van der Waals surface area contributed by atoms with Gasteiger partial charge >= 0.3 is 19.2 Å². The van der Waals surface area contributed by atoms with Crippen LogP contribution in [0, 0.1) is 0 Å². The number of methoxy groups -OCH3 is 1. The molecule has 0 atom stereocenters. The molecule has 1 aromatic rings. The predicted octanol–water partition coefficient (Wildman–Crippen LogP) is 3.12. The fourth-order valence-corrected chi connectivity index (χ4v) is 2.50. The first kappa shape index (κ1) is 21.2. The number of esters is 1. The standard InChI is InChI=1S/C19H28BNO6/c1-17(2,3)25-16(23)21-14-10-9-12(15(22)24-8)11-13(14)20-26-18(4,5)19(6,7)27-20/h9-11H,1-8H3,(H,21,23). The van der Waals surface area contributed by atoms with E-state index in [9.17, 15) is 9.59 Å². The molecule has 8 heteroatoms. The van der Waals surface area contributed by atoms with Gasteiger partial charge < -0.3 is 18.8 Å². The molecule has 0 spiro atoms. The third-order valence-electron chi connectivity index (χ3n) is 4.62. The predicted molar refractivity (Wildman–Crippen MR) is 103 cm³/mol. The number of rotatable bonds is 3. The third-order valence-corrected chi connectivity index (χ3v) is 4.62. The topological polar surface area (TPSA) is 83.1 Å². The van der Waals surface area contributed by atoms with Crippen molar-refractivity contribution in [1.29, 1.82) is 0 Å². The van der Waals surface area contributed by atoms with Gasteiger partial charge in [0, 0.05) is 11.2 Å². The third kappa shape index (κ3) is 4.81. The highest BCUT2D eigenvalue weighted by Gasteiger charge is 2.52. The lowest BCUT2D eigenvalue weighted by Crippen LogP contribution is -2.41. The number of hydrogen-bond donors (Lipinski definition) is 1. The lowest BCUT2D eigenvalue weighted by molar-refractivity contribution is 0.00578. The Morgan fingerprint density at radius 3 is 2.11 bits per heavy atom. The SMILES string of the molecule is COC(=O)c1ccc(NC(=O)OC(C)(C)C)c(B2OC(C)(C)C(C)(C)O2)c1. The summed E-state index contributed by atoms with van der Waals surface area (Å²) in [5.41, 5.74) is -0.486. The molecule has 0 radical (unpaired) electrons. The van der Waals surface area contributed by atoms with Gasteiger partial charge in [0.25, 0.3) is 0 Å². The van der Waals surface area contributed by atoms with E-state index >= 15 is 0 Å². The molecule has 0 aromatic heterocycles. The van der Waals surface area contributed by atoms with E-state index in [0.717, 1.165) is 0 Å². The lowest BCUT2D eigenvalue weighted by atomic mass is 9.77. The van der Waals surface area contributed by atoms with E-state index in [-0.39, 0.29) is 0 Å². The summed E-state index contributed by atoms with van der Waals surface area (Å²) in [4.78, 5) is 24.2. The molecule has 1 amide bonds. The highest BCUT2D eigenvalue weighted by molar-refractivity contribution is 6.64. The van der Waals surface area contributed by atoms with E-state index < -0.39 is 36.0 Å². The number of ether oxygens (including phenoxy) is 2. The van der Waals surface area contributed by atoms with Gasteiger partial charge in [0.15, 0.2) is 0 Å². The Morgan fingerprint density at radius 2 is 1.63 bits per heavy atom. The largest absolute Gasteiger partial charge is 0.497 e. The molecular formula is C19H28BNO6. The molecule has 1 saturated heterocycles. The summed E-state index contributed by atoms with van der Waals surface area (Å²) in [5.74, 6) is -0.489. The Bertz CT molecular complexity index is 722. The van der Waals surface area contributed by atoms with Gasteiger partial charge in [0.2, 0.25) is 0 Å². The smallest absolute Gasteiger partial charge is 0.465 e. The summed E-state index contributed by atoms with van der Waals surface area (Å²) in [6.07, 6.45) is -0.605. The molecule has 1 aromatic carbocycles. The van der Waals surface area contributed by atoms with Gasteiger partial charge in [-0.25, -0.2) is 9.59 Å². The molecule has 1 aliphatic rings. The second-order valence-corrected chi connectivity index (χ2v) is 8.51. The number of anilines is 1. The van der Waals surface area contributed by atoms with E-state index in [0.29, 0.717) is 16.7 Å². The zero-order valence-corrected chi connectivity index (χ0v) is 17.3. The van der Waals surface area contributed by atoms with Gasteiger partial charge in [-0.1, -0.05) is 0 Å². The van der Waals surface area contributed by atoms with Gasteiger partial charge in [-0.15, -0.1) is 0 Å². The van der Waals surface area contributed by atoms with Crippen LogP contribution in [0.25, 0.3) is 0 Å². The molecule has 1 fully saturated rings. The van der Waals surface area contributed by atoms with Crippen molar-refractivity contribution in [2.24, 2.45) is 0 Å². The van der Waals surface area contributed by atoms with Crippen molar-refractivity contribution >= 4 is 30.3 Å². The zero-order valence-electron chi connectivity index (χ0n) is 17.3. The molecule has 148 valence electrons. The van der Waals surface area contributed by atoms with Crippen molar-refractivity contribution in [1.82, 2.24) is 0 Å². The van der Waals surface area contributed by atoms with Gasteiger partial charge in [0.1, 0.15) is 5.60 Å². The van der Waals surface area contributed by atoms with Crippen LogP contribution < -0.4 is 10.8 Å². The number of nitrogens with one attached hydrogen (secondary N) is 1. The fraction of sp³-hybridized carbons (Fsp3) is 0.579. The lowest BCUT2D eigenvalue weighted by Gasteiger charge is -2.32. The first-order valence-corrected chi connectivity index (χ1v) is 8.84. The minimum atomic E-state index is -0.760. The second kappa shape index (κ2) is 7.17. The summed E-state index contributed by atoms with van der Waals surface area (Å²) in [6.45, 7) is 13.1. The Kier molecular flexibility index (Phi) is 5.64. The van der Waals surface area contributed by atoms with Crippen LogP contribution in [-0.4, -0.2) is 43.1 Å². The maximum atomic E-state index is 12.2. The summed E-state index contributed by atoms with van der Waals surface area (Å²) < 4.78 is 22.3. The minimum absolute atomic E-state index is 0.331. The van der Waals surface area contributed by atoms with E-state index in [1.165, 1.54) is 7.11 Å². The van der Waals surface area contributed by atoms with E-state index in [2.05, 4.69) is 5.32 Å². The van der Waals surface area contributed by atoms with Gasteiger partial charge in [-0.3, -0.25) is 5.32 Å². The van der Waals surface area contributed by atoms with Crippen LogP contribution in [0.15, 0.2) is 18.2 Å². The minimum Gasteiger partial charge on any atom is -0.465 e. The van der Waals surface area contributed by atoms with E-state index in [4.69, 9.17) is 18.8 Å². The number of hydrogen-bond acceptors (Lipinski definition) is 6. The first-order chi connectivity index (χ1) is 12.3. The average molecular weight is 377 g/mol. The molecule has 0 aliphatic carbocycles. The Labute approximate surface area is 160 Å². The Balaban J connectivity index is 2.40. The Hall–Kier alpha value is -2.06. The van der Waals surface area contributed by atoms with Crippen molar-refractivity contribution in [2.75, 3.05) is 12.4 Å². The molecule has 7 nitrogen and oxygen atoms in total. The van der Waals surface area contributed by atoms with Gasteiger partial charge in [-0.05, 0) is 66.7 Å². The normalized spacial score (nSPS) is 18.1. The molecule has 0 unspecified atom stereocenters. The fourth-order valence-electron chi connectivity index (χ4n) is 2.50. The molecule has 1 heterocycles. The monoisotopic (exact) mass is 377 g/mol. The van der Waals surface area contributed by atoms with Gasteiger partial charge in [-0.2, -0.15) is 0 Å². The molecule has 1 aliphatic heterocycles. The number of carbonyl (C=O) groups excluding carboxylic acids is 2. The molecular weight excluding hydrogens is 349 g/mol. The van der Waals surface area contributed by atoms with Crippen LogP contribution in [0.5, 0.6) is 0 Å². The maximum absolute atomic E-state index is 12.2. The highest BCUT2D eigenvalue weighted by Crippen LogP contribution is 2.37. The van der Waals surface area contributed by atoms with Crippen molar-refractivity contribution < 1.29 is 28.4 Å². The summed E-state index contributed by atoms with van der Waals surface area (Å²) >= 11 is 0. The van der Waals surface area contributed by atoms with E-state index in [1.807, 2.05) is 27.7 Å². The molecule has 1 N–H and O–H groups in total. The van der Waals surface area contributed by atoms with Gasteiger partial charge in [0.05, 0.1) is 23.9 Å². The molecule has 27 heavy (non-hydrogen) atoms. The number of amides is 1. The first-order valence-electron chi connectivity index (χ1n) is 8.84. The van der Waals surface area contributed by atoms with Crippen LogP contribution in [0.3, 0.4) is 0 Å². The zero-order chi connectivity index (χ0) is 20.6. The van der Waals surface area contributed by atoms with Crippen LogP contribution in [-0.2, 0) is 18.8 Å². The molecule has 0 saturated carbocycles. The maximum Gasteiger partial charge on any atom is 0.497 e. The second-order valence-electron chi connectivity index (χ2n) is 8.51. The van der Waals surface area contributed by atoms with Crippen molar-refractivity contribution in [2.45, 2.75) is 65.3 Å². The molecule has 2 rings (SSSR count). The van der Waals surface area contributed by atoms with Crippen LogP contribution in [0.4, 0.5) is 10.5 Å². The van der Waals surface area contributed by atoms with E-state index in [1.54, 1.807) is 39.0 Å². The highest BCUT2D eigenvalue weighted by atomic mass is 16.7. The summed E-state index contributed by atoms with van der Waals surface area (Å²) in [6, 6.07) is 4.77. The summed E-state index contributed by atoms with van der Waals surface area (Å²) in [5, 5.41) is 2.71. The van der Waals surface area contributed by atoms with Crippen molar-refractivity contribution in [3.05, 3.63) is 23.8 Å². The Morgan fingerprint density at radius 1 is 1.07 bits per heavy atom. The van der Waals surface area contributed by atoms with Crippen molar-refractivity contribution in [3.63, 3.8) is 0 Å². The number of benzene rings is 1.